The molecule has 1 fully saturated rings. The van der Waals surface area contributed by atoms with Crippen LogP contribution in [0.4, 0.5) is 15.8 Å². The molecule has 0 radical (unpaired) electrons. The molecule has 230 valence electrons. The van der Waals surface area contributed by atoms with Gasteiger partial charge in [0.2, 0.25) is 11.8 Å². The van der Waals surface area contributed by atoms with Crippen molar-refractivity contribution in [2.24, 2.45) is 5.92 Å². The highest BCUT2D eigenvalue weighted by molar-refractivity contribution is 9.10. The molecule has 3 aromatic carbocycles. The summed E-state index contributed by atoms with van der Waals surface area (Å²) < 4.78 is 25.2. The largest absolute Gasteiger partial charge is 0.483 e. The Morgan fingerprint density at radius 1 is 1.02 bits per heavy atom. The summed E-state index contributed by atoms with van der Waals surface area (Å²) in [5.74, 6) is -3.80. The highest BCUT2D eigenvalue weighted by atomic mass is 79.9. The molecule has 0 saturated carbocycles. The lowest BCUT2D eigenvalue weighted by Crippen LogP contribution is -2.32. The Labute approximate surface area is 272 Å². The first-order chi connectivity index (χ1) is 21.6. The number of thiazole rings is 1. The fraction of sp³-hybridized carbons (Fsp3) is 0.194. The minimum atomic E-state index is -0.908. The molecule has 45 heavy (non-hydrogen) atoms. The van der Waals surface area contributed by atoms with Gasteiger partial charge in [-0.3, -0.25) is 19.2 Å². The molecule has 2 aliphatic heterocycles. The number of carbonyl (C=O) groups is 4. The number of imide groups is 1. The molecule has 0 spiro atoms. The summed E-state index contributed by atoms with van der Waals surface area (Å²) in [5, 5.41) is 2.33. The molecule has 3 atom stereocenters. The summed E-state index contributed by atoms with van der Waals surface area (Å²) in [6.07, 6.45) is 0. The highest BCUT2D eigenvalue weighted by Gasteiger charge is 2.56. The lowest BCUT2D eigenvalue weighted by atomic mass is 9.82. The Hall–Kier alpha value is -4.27. The van der Waals surface area contributed by atoms with Gasteiger partial charge in [-0.1, -0.05) is 39.0 Å². The van der Waals surface area contributed by atoms with Crippen molar-refractivity contribution in [2.45, 2.75) is 23.1 Å². The van der Waals surface area contributed by atoms with Crippen molar-refractivity contribution in [3.63, 3.8) is 0 Å². The van der Waals surface area contributed by atoms with Crippen LogP contribution in [0.3, 0.4) is 0 Å². The Morgan fingerprint density at radius 3 is 2.47 bits per heavy atom. The third kappa shape index (κ3) is 6.04. The predicted molar refractivity (Wildman–Crippen MR) is 169 cm³/mol. The second kappa shape index (κ2) is 12.6. The predicted octanol–water partition coefficient (Wildman–Crippen LogP) is 5.33. The Bertz CT molecular complexity index is 1880. The van der Waals surface area contributed by atoms with E-state index in [0.29, 0.717) is 31.2 Å². The van der Waals surface area contributed by atoms with Gasteiger partial charge >= 0.3 is 10.8 Å². The number of ether oxygens (including phenoxy) is 2. The number of hydrogen-bond acceptors (Lipinski definition) is 9. The number of fused-ring (bicyclic) bond motifs is 2. The van der Waals surface area contributed by atoms with Gasteiger partial charge in [0.05, 0.1) is 28.8 Å². The van der Waals surface area contributed by atoms with Crippen LogP contribution in [0.2, 0.25) is 0 Å². The molecule has 1 saturated heterocycles. The van der Waals surface area contributed by atoms with Crippen molar-refractivity contribution in [2.75, 3.05) is 23.4 Å². The molecular formula is C31H23BrFN3O7S2. The average molecular weight is 713 g/mol. The molecule has 2 N–H and O–H groups in total. The number of nitrogens with one attached hydrogen (secondary N) is 2. The van der Waals surface area contributed by atoms with Crippen LogP contribution in [0.1, 0.15) is 33.6 Å². The summed E-state index contributed by atoms with van der Waals surface area (Å²) >= 11 is 5.54. The van der Waals surface area contributed by atoms with Crippen LogP contribution in [-0.2, 0) is 19.1 Å². The number of benzene rings is 3. The molecule has 1 aromatic heterocycles. The maximum Gasteiger partial charge on any atom is 0.338 e. The van der Waals surface area contributed by atoms with Gasteiger partial charge in [0.25, 0.3) is 5.91 Å². The average Bonchev–Trinajstić information content (AvgIpc) is 3.51. The van der Waals surface area contributed by atoms with Gasteiger partial charge in [-0.25, -0.2) is 14.1 Å². The normalized spacial score (nSPS) is 18.7. The van der Waals surface area contributed by atoms with Gasteiger partial charge in [-0.05, 0) is 73.7 Å². The zero-order valence-corrected chi connectivity index (χ0v) is 26.6. The van der Waals surface area contributed by atoms with E-state index in [0.717, 1.165) is 28.0 Å². The summed E-state index contributed by atoms with van der Waals surface area (Å²) in [4.78, 5) is 68.9. The number of nitrogens with zero attached hydrogens (tertiary/aromatic N) is 1. The van der Waals surface area contributed by atoms with Gasteiger partial charge in [-0.2, -0.15) is 0 Å². The van der Waals surface area contributed by atoms with E-state index in [-0.39, 0.29) is 22.9 Å². The number of halogens is 2. The van der Waals surface area contributed by atoms with E-state index in [1.165, 1.54) is 36.4 Å². The van der Waals surface area contributed by atoms with E-state index in [2.05, 4.69) is 26.2 Å². The van der Waals surface area contributed by atoms with Crippen LogP contribution >= 0.6 is 39.0 Å². The second-order valence-electron chi connectivity index (χ2n) is 10.1. The van der Waals surface area contributed by atoms with E-state index in [1.807, 2.05) is 0 Å². The number of aromatic amines is 1. The van der Waals surface area contributed by atoms with E-state index >= 15 is 0 Å². The van der Waals surface area contributed by atoms with Gasteiger partial charge in [-0.15, -0.1) is 0 Å². The summed E-state index contributed by atoms with van der Waals surface area (Å²) in [7, 11) is 0. The Morgan fingerprint density at radius 2 is 1.76 bits per heavy atom. The quantitative estimate of drug-likeness (QED) is 0.185. The first-order valence-electron chi connectivity index (χ1n) is 13.7. The van der Waals surface area contributed by atoms with Gasteiger partial charge in [0.15, 0.2) is 6.61 Å². The summed E-state index contributed by atoms with van der Waals surface area (Å²) in [6.45, 7) is 1.56. The molecule has 4 aromatic rings. The van der Waals surface area contributed by atoms with E-state index in [9.17, 15) is 28.4 Å². The first kappa shape index (κ1) is 30.7. The molecular weight excluding hydrogens is 689 g/mol. The summed E-state index contributed by atoms with van der Waals surface area (Å²) in [6, 6.07) is 16.4. The van der Waals surface area contributed by atoms with Gasteiger partial charge < -0.3 is 19.8 Å². The second-order valence-corrected chi connectivity index (χ2v) is 13.1. The first-order valence-corrected chi connectivity index (χ1v) is 16.2. The fourth-order valence-corrected chi connectivity index (χ4v) is 8.22. The maximum atomic E-state index is 14.0. The molecule has 0 bridgehead atoms. The molecule has 10 nitrogen and oxygen atoms in total. The smallest absolute Gasteiger partial charge is 0.338 e. The summed E-state index contributed by atoms with van der Waals surface area (Å²) in [5.41, 5.74) is 1.54. The highest BCUT2D eigenvalue weighted by Crippen LogP contribution is 2.54. The topological polar surface area (TPSA) is 135 Å². The molecule has 2 aliphatic rings. The molecule has 3 heterocycles. The monoisotopic (exact) mass is 711 g/mol. The van der Waals surface area contributed by atoms with Gasteiger partial charge in [0, 0.05) is 26.5 Å². The lowest BCUT2D eigenvalue weighted by Gasteiger charge is -2.31. The van der Waals surface area contributed by atoms with Crippen molar-refractivity contribution < 1.29 is 33.0 Å². The number of anilines is 2. The number of amides is 3. The number of hydrogen-bond donors (Lipinski definition) is 2. The van der Waals surface area contributed by atoms with Crippen molar-refractivity contribution >= 4 is 74.1 Å². The van der Waals surface area contributed by atoms with Crippen LogP contribution in [-0.4, -0.2) is 47.1 Å². The fourth-order valence-electron chi connectivity index (χ4n) is 5.34. The van der Waals surface area contributed by atoms with Crippen molar-refractivity contribution in [1.29, 1.82) is 0 Å². The number of rotatable bonds is 8. The maximum absolute atomic E-state index is 14.0. The van der Waals surface area contributed by atoms with E-state index < -0.39 is 53.2 Å². The number of esters is 1. The van der Waals surface area contributed by atoms with Crippen molar-refractivity contribution in [3.05, 3.63) is 103 Å². The number of carbonyl (C=O) groups excluding carboxylic acids is 4. The number of thioether (sulfide) groups is 1. The molecule has 14 heteroatoms. The minimum absolute atomic E-state index is 0.245. The third-order valence-corrected chi connectivity index (χ3v) is 10.1. The third-order valence-electron chi connectivity index (χ3n) is 7.25. The van der Waals surface area contributed by atoms with Crippen LogP contribution in [0, 0.1) is 11.7 Å². The Kier molecular flexibility index (Phi) is 8.62. The van der Waals surface area contributed by atoms with E-state index in [4.69, 9.17) is 9.47 Å². The van der Waals surface area contributed by atoms with Crippen LogP contribution in [0.25, 0.3) is 0 Å². The van der Waals surface area contributed by atoms with Crippen LogP contribution in [0.15, 0.2) is 81.0 Å². The molecule has 6 rings (SSSR count). The van der Waals surface area contributed by atoms with Crippen LogP contribution in [0.5, 0.6) is 5.75 Å². The van der Waals surface area contributed by atoms with Gasteiger partial charge in [0.1, 0.15) is 16.8 Å². The molecule has 3 amide bonds. The zero-order chi connectivity index (χ0) is 31.8. The van der Waals surface area contributed by atoms with E-state index in [1.54, 1.807) is 37.3 Å². The van der Waals surface area contributed by atoms with Crippen molar-refractivity contribution in [1.82, 2.24) is 4.98 Å². The zero-order valence-electron chi connectivity index (χ0n) is 23.4. The Balaban J connectivity index is 1.28. The molecule has 0 aliphatic carbocycles. The minimum Gasteiger partial charge on any atom is -0.483 e. The number of aromatic nitrogens is 1. The standard InChI is InChI=1S/C31H23BrFN3O7S2/c1-2-42-30(40)15-3-8-18(9-4-15)34-22(37)14-43-21-12-5-16(32)13-20(21)23-24-26(44-27-25(23)45-31(41)35-27)29(39)36(28(24)38)19-10-6-17(33)7-11-19/h3-13,23-24,26H,2,14H2,1H3,(H,34,37)(H,35,41). The van der Waals surface area contributed by atoms with Crippen molar-refractivity contribution in [3.8, 4) is 5.75 Å². The molecule has 3 unspecified atom stereocenters. The van der Waals surface area contributed by atoms with Crippen LogP contribution < -0.4 is 19.8 Å². The lowest BCUT2D eigenvalue weighted by molar-refractivity contribution is -0.122. The SMILES string of the molecule is CCOC(=O)c1ccc(NC(=O)COc2ccc(Br)cc2C2c3sc(=O)[nH]c3SC3C(=O)N(c4ccc(F)cc4)C(=O)C32)cc1. The number of H-pyrrole nitrogens is 1.